The van der Waals surface area contributed by atoms with E-state index >= 15 is 0 Å². The van der Waals surface area contributed by atoms with Crippen molar-refractivity contribution in [1.29, 1.82) is 0 Å². The fourth-order valence-electron chi connectivity index (χ4n) is 4.59. The van der Waals surface area contributed by atoms with Gasteiger partial charge in [-0.25, -0.2) is 9.59 Å². The Morgan fingerprint density at radius 3 is 2.35 bits per heavy atom. The van der Waals surface area contributed by atoms with E-state index in [9.17, 15) is 19.5 Å². The number of ether oxygens (including phenoxy) is 3. The lowest BCUT2D eigenvalue weighted by atomic mass is 9.98. The topological polar surface area (TPSA) is 123 Å². The summed E-state index contributed by atoms with van der Waals surface area (Å²) in [5.74, 6) is -2.07. The molecule has 0 aromatic heterocycles. The summed E-state index contributed by atoms with van der Waals surface area (Å²) < 4.78 is 15.9. The first-order chi connectivity index (χ1) is 16.5. The number of alkyl carbamates (subject to hydrolysis) is 1. The Morgan fingerprint density at radius 1 is 1.09 bits per heavy atom. The van der Waals surface area contributed by atoms with Gasteiger partial charge in [-0.05, 0) is 28.7 Å². The van der Waals surface area contributed by atoms with Crippen LogP contribution in [0, 0.1) is 5.92 Å². The summed E-state index contributed by atoms with van der Waals surface area (Å²) in [6.45, 7) is 0.562. The van der Waals surface area contributed by atoms with Crippen LogP contribution in [-0.4, -0.2) is 68.7 Å². The van der Waals surface area contributed by atoms with Gasteiger partial charge in [-0.3, -0.25) is 4.79 Å². The third-order valence-electron chi connectivity index (χ3n) is 6.27. The SMILES string of the molecule is COC[C@H](NC(=O)C1OCCC1CNC(=O)OCC1c2ccccc2-c2ccccc21)C(=O)O. The lowest BCUT2D eigenvalue weighted by Crippen LogP contribution is -2.50. The summed E-state index contributed by atoms with van der Waals surface area (Å²) in [6, 6.07) is 15.0. The molecule has 0 saturated carbocycles. The van der Waals surface area contributed by atoms with Crippen molar-refractivity contribution in [3.05, 3.63) is 59.7 Å². The molecule has 0 radical (unpaired) electrons. The van der Waals surface area contributed by atoms with E-state index in [-0.39, 0.29) is 31.6 Å². The molecule has 1 saturated heterocycles. The third-order valence-corrected chi connectivity index (χ3v) is 6.27. The van der Waals surface area contributed by atoms with E-state index in [2.05, 4.69) is 22.8 Å². The number of aliphatic carboxylic acids is 1. The van der Waals surface area contributed by atoms with Crippen molar-refractivity contribution >= 4 is 18.0 Å². The van der Waals surface area contributed by atoms with Crippen LogP contribution < -0.4 is 10.6 Å². The fourth-order valence-corrected chi connectivity index (χ4v) is 4.59. The molecule has 1 aliphatic carbocycles. The zero-order valence-electron chi connectivity index (χ0n) is 18.9. The van der Waals surface area contributed by atoms with Crippen molar-refractivity contribution in [2.45, 2.75) is 24.5 Å². The Kier molecular flexibility index (Phi) is 7.44. The number of carbonyl (C=O) groups excluding carboxylic acids is 2. The van der Waals surface area contributed by atoms with E-state index < -0.39 is 30.1 Å². The summed E-state index contributed by atoms with van der Waals surface area (Å²) in [7, 11) is 1.36. The Labute approximate surface area is 197 Å². The number of hydrogen-bond donors (Lipinski definition) is 3. The molecular formula is C25H28N2O7. The molecule has 4 rings (SSSR count). The second kappa shape index (κ2) is 10.7. The fraction of sp³-hybridized carbons (Fsp3) is 0.400. The van der Waals surface area contributed by atoms with Gasteiger partial charge in [0.25, 0.3) is 0 Å². The molecule has 9 heteroatoms. The van der Waals surface area contributed by atoms with E-state index in [1.807, 2.05) is 36.4 Å². The highest BCUT2D eigenvalue weighted by Crippen LogP contribution is 2.44. The molecule has 180 valence electrons. The number of rotatable bonds is 9. The Hall–Kier alpha value is -3.43. The highest BCUT2D eigenvalue weighted by Gasteiger charge is 2.36. The van der Waals surface area contributed by atoms with E-state index in [0.29, 0.717) is 13.0 Å². The van der Waals surface area contributed by atoms with Gasteiger partial charge in [0.1, 0.15) is 12.7 Å². The van der Waals surface area contributed by atoms with Crippen LogP contribution in [0.15, 0.2) is 48.5 Å². The quantitative estimate of drug-likeness (QED) is 0.515. The predicted molar refractivity (Wildman–Crippen MR) is 122 cm³/mol. The number of benzene rings is 2. The summed E-state index contributed by atoms with van der Waals surface area (Å²) in [5.41, 5.74) is 4.55. The van der Waals surface area contributed by atoms with Gasteiger partial charge in [-0.15, -0.1) is 0 Å². The van der Waals surface area contributed by atoms with Crippen molar-refractivity contribution < 1.29 is 33.7 Å². The van der Waals surface area contributed by atoms with E-state index in [1.54, 1.807) is 0 Å². The minimum absolute atomic E-state index is 0.0415. The van der Waals surface area contributed by atoms with Gasteiger partial charge in [-0.1, -0.05) is 48.5 Å². The number of carbonyl (C=O) groups is 3. The lowest BCUT2D eigenvalue weighted by molar-refractivity contribution is -0.145. The van der Waals surface area contributed by atoms with Crippen LogP contribution in [0.3, 0.4) is 0 Å². The molecule has 9 nitrogen and oxygen atoms in total. The van der Waals surface area contributed by atoms with Crippen LogP contribution in [0.4, 0.5) is 4.79 Å². The maximum absolute atomic E-state index is 12.5. The highest BCUT2D eigenvalue weighted by molar-refractivity contribution is 5.87. The standard InChI is InChI=1S/C25H28N2O7/c1-32-14-21(24(29)30)27-23(28)22-15(10-11-33-22)12-26-25(31)34-13-20-18-8-4-2-6-16(18)17-7-3-5-9-19(17)20/h2-9,15,20-22H,10-14H2,1H3,(H,26,31)(H,27,28)(H,29,30)/t15?,21-,22?/m0/s1. The third kappa shape index (κ3) is 5.05. The van der Waals surface area contributed by atoms with Crippen LogP contribution in [0.2, 0.25) is 0 Å². The molecule has 3 N–H and O–H groups in total. The number of fused-ring (bicyclic) bond motifs is 3. The van der Waals surface area contributed by atoms with Crippen molar-refractivity contribution in [3.63, 3.8) is 0 Å². The van der Waals surface area contributed by atoms with Crippen LogP contribution in [0.1, 0.15) is 23.5 Å². The molecule has 1 fully saturated rings. The van der Waals surface area contributed by atoms with Gasteiger partial charge >= 0.3 is 12.1 Å². The number of carboxylic acids is 1. The molecular weight excluding hydrogens is 440 g/mol. The first kappa shape index (κ1) is 23.7. The minimum atomic E-state index is -1.19. The number of methoxy groups -OCH3 is 1. The second-order valence-corrected chi connectivity index (χ2v) is 8.40. The average Bonchev–Trinajstić information content (AvgIpc) is 3.44. The summed E-state index contributed by atoms with van der Waals surface area (Å²) in [5, 5.41) is 14.3. The molecule has 2 unspecified atom stereocenters. The van der Waals surface area contributed by atoms with Crippen LogP contribution >= 0.6 is 0 Å². The molecule has 2 aromatic carbocycles. The van der Waals surface area contributed by atoms with Gasteiger partial charge in [0.2, 0.25) is 5.91 Å². The summed E-state index contributed by atoms with van der Waals surface area (Å²) in [6.07, 6.45) is -0.868. The molecule has 2 aliphatic rings. The van der Waals surface area contributed by atoms with Crippen molar-refractivity contribution in [3.8, 4) is 11.1 Å². The zero-order valence-corrected chi connectivity index (χ0v) is 18.9. The number of nitrogens with one attached hydrogen (secondary N) is 2. The molecule has 2 aromatic rings. The Morgan fingerprint density at radius 2 is 1.74 bits per heavy atom. The van der Waals surface area contributed by atoms with Gasteiger partial charge in [0, 0.05) is 32.1 Å². The molecule has 1 heterocycles. The molecule has 2 amide bonds. The van der Waals surface area contributed by atoms with Crippen molar-refractivity contribution in [2.24, 2.45) is 5.92 Å². The molecule has 1 aliphatic heterocycles. The maximum Gasteiger partial charge on any atom is 0.407 e. The van der Waals surface area contributed by atoms with Crippen LogP contribution in [0.25, 0.3) is 11.1 Å². The van der Waals surface area contributed by atoms with Gasteiger partial charge in [0.15, 0.2) is 6.04 Å². The predicted octanol–water partition coefficient (Wildman–Crippen LogP) is 2.15. The Balaban J connectivity index is 1.30. The van der Waals surface area contributed by atoms with Gasteiger partial charge in [-0.2, -0.15) is 0 Å². The summed E-state index contributed by atoms with van der Waals surface area (Å²) >= 11 is 0. The highest BCUT2D eigenvalue weighted by atomic mass is 16.5. The largest absolute Gasteiger partial charge is 0.480 e. The molecule has 0 spiro atoms. The maximum atomic E-state index is 12.5. The molecule has 34 heavy (non-hydrogen) atoms. The zero-order chi connectivity index (χ0) is 24.1. The van der Waals surface area contributed by atoms with Crippen LogP contribution in [-0.2, 0) is 23.8 Å². The van der Waals surface area contributed by atoms with Crippen molar-refractivity contribution in [1.82, 2.24) is 10.6 Å². The minimum Gasteiger partial charge on any atom is -0.480 e. The molecule has 3 atom stereocenters. The number of amides is 2. The lowest BCUT2D eigenvalue weighted by Gasteiger charge is -2.21. The normalized spacial score (nSPS) is 19.7. The van der Waals surface area contributed by atoms with E-state index in [1.165, 1.54) is 7.11 Å². The van der Waals surface area contributed by atoms with Gasteiger partial charge < -0.3 is 30.0 Å². The number of carboxylic acid groups (broad SMARTS) is 1. The van der Waals surface area contributed by atoms with E-state index in [0.717, 1.165) is 22.3 Å². The average molecular weight is 469 g/mol. The smallest absolute Gasteiger partial charge is 0.407 e. The monoisotopic (exact) mass is 468 g/mol. The first-order valence-corrected chi connectivity index (χ1v) is 11.2. The number of hydrogen-bond acceptors (Lipinski definition) is 6. The van der Waals surface area contributed by atoms with E-state index in [4.69, 9.17) is 14.2 Å². The van der Waals surface area contributed by atoms with Crippen molar-refractivity contribution in [2.75, 3.05) is 33.5 Å². The van der Waals surface area contributed by atoms with Crippen LogP contribution in [0.5, 0.6) is 0 Å². The van der Waals surface area contributed by atoms with Gasteiger partial charge in [0.05, 0.1) is 6.61 Å². The summed E-state index contributed by atoms with van der Waals surface area (Å²) in [4.78, 5) is 36.2. The molecule has 0 bridgehead atoms. The second-order valence-electron chi connectivity index (χ2n) is 8.40. The first-order valence-electron chi connectivity index (χ1n) is 11.2. The Bertz CT molecular complexity index is 1010.